The largest absolute Gasteiger partial charge is 0.335 e. The molecule has 6 nitrogen and oxygen atoms in total. The van der Waals surface area contributed by atoms with E-state index in [0.29, 0.717) is 11.3 Å². The Labute approximate surface area is 128 Å². The van der Waals surface area contributed by atoms with Crippen molar-refractivity contribution in [2.75, 3.05) is 5.32 Å². The van der Waals surface area contributed by atoms with Crippen LogP contribution in [-0.4, -0.2) is 17.0 Å². The molecule has 1 aromatic carbocycles. The molecular formula is C14H18ClN3O3. The summed E-state index contributed by atoms with van der Waals surface area (Å²) in [6.45, 7) is 1.64. The predicted octanol–water partition coefficient (Wildman–Crippen LogP) is 4.01. The maximum absolute atomic E-state index is 12.0. The van der Waals surface area contributed by atoms with Crippen LogP contribution in [0.4, 0.5) is 16.2 Å². The van der Waals surface area contributed by atoms with Crippen LogP contribution in [0.2, 0.25) is 5.02 Å². The van der Waals surface area contributed by atoms with E-state index in [1.807, 2.05) is 0 Å². The lowest BCUT2D eigenvalue weighted by Gasteiger charge is -2.23. The van der Waals surface area contributed by atoms with Crippen molar-refractivity contribution in [1.29, 1.82) is 0 Å². The Morgan fingerprint density at radius 1 is 1.33 bits per heavy atom. The number of carbonyl (C=O) groups excluding carboxylic acids is 1. The third-order valence-corrected chi connectivity index (χ3v) is 4.23. The number of nitrogens with zero attached hydrogens (tertiary/aromatic N) is 1. The van der Waals surface area contributed by atoms with Crippen LogP contribution in [0.25, 0.3) is 0 Å². The van der Waals surface area contributed by atoms with Gasteiger partial charge in [0, 0.05) is 17.8 Å². The highest BCUT2D eigenvalue weighted by atomic mass is 35.5. The SMILES string of the molecule is Cc1c(NC(=O)NC2CCCCC2)ccc([N+](=O)[O-])c1Cl. The molecule has 0 aliphatic heterocycles. The van der Waals surface area contributed by atoms with Crippen molar-refractivity contribution < 1.29 is 9.72 Å². The minimum Gasteiger partial charge on any atom is -0.335 e. The van der Waals surface area contributed by atoms with E-state index in [0.717, 1.165) is 25.7 Å². The molecule has 0 spiro atoms. The number of anilines is 1. The van der Waals surface area contributed by atoms with E-state index in [1.165, 1.54) is 18.6 Å². The molecule has 1 aliphatic rings. The number of amides is 2. The molecule has 0 saturated heterocycles. The lowest BCUT2D eigenvalue weighted by molar-refractivity contribution is -0.384. The Bertz CT molecular complexity index is 557. The molecule has 0 unspecified atom stereocenters. The third kappa shape index (κ3) is 3.85. The normalized spacial score (nSPS) is 15.5. The molecule has 1 fully saturated rings. The summed E-state index contributed by atoms with van der Waals surface area (Å²) in [6, 6.07) is 2.70. The molecule has 2 N–H and O–H groups in total. The minimum absolute atomic E-state index is 0.0514. The van der Waals surface area contributed by atoms with Crippen LogP contribution >= 0.6 is 11.6 Å². The van der Waals surface area contributed by atoms with Crippen LogP contribution in [-0.2, 0) is 0 Å². The van der Waals surface area contributed by atoms with Gasteiger partial charge in [-0.05, 0) is 31.4 Å². The smallest absolute Gasteiger partial charge is 0.319 e. The summed E-state index contributed by atoms with van der Waals surface area (Å²) in [5, 5.41) is 16.5. The fourth-order valence-corrected chi connectivity index (χ4v) is 2.77. The number of hydrogen-bond acceptors (Lipinski definition) is 3. The Morgan fingerprint density at radius 3 is 2.62 bits per heavy atom. The van der Waals surface area contributed by atoms with Crippen molar-refractivity contribution in [3.63, 3.8) is 0 Å². The first-order valence-electron chi connectivity index (χ1n) is 7.00. The fourth-order valence-electron chi connectivity index (χ4n) is 2.54. The van der Waals surface area contributed by atoms with Gasteiger partial charge in [-0.3, -0.25) is 10.1 Å². The summed E-state index contributed by atoms with van der Waals surface area (Å²) in [4.78, 5) is 22.2. The molecule has 1 aliphatic carbocycles. The van der Waals surface area contributed by atoms with Crippen LogP contribution in [0.15, 0.2) is 12.1 Å². The van der Waals surface area contributed by atoms with Crippen LogP contribution in [0.1, 0.15) is 37.7 Å². The van der Waals surface area contributed by atoms with E-state index in [2.05, 4.69) is 10.6 Å². The van der Waals surface area contributed by atoms with Crippen LogP contribution in [0.5, 0.6) is 0 Å². The van der Waals surface area contributed by atoms with Crippen molar-refractivity contribution >= 4 is 29.0 Å². The lowest BCUT2D eigenvalue weighted by Crippen LogP contribution is -2.39. The first-order valence-corrected chi connectivity index (χ1v) is 7.38. The Kier molecular flexibility index (Phi) is 5.01. The van der Waals surface area contributed by atoms with E-state index in [-0.39, 0.29) is 22.8 Å². The highest BCUT2D eigenvalue weighted by molar-refractivity contribution is 6.33. The second kappa shape index (κ2) is 6.76. The van der Waals surface area contributed by atoms with Crippen molar-refractivity contribution in [2.45, 2.75) is 45.1 Å². The van der Waals surface area contributed by atoms with Crippen molar-refractivity contribution in [3.8, 4) is 0 Å². The molecule has 0 aromatic heterocycles. The molecule has 0 bridgehead atoms. The highest BCUT2D eigenvalue weighted by Gasteiger charge is 2.19. The number of rotatable bonds is 3. The van der Waals surface area contributed by atoms with Gasteiger partial charge in [0.1, 0.15) is 5.02 Å². The minimum atomic E-state index is -0.540. The van der Waals surface area contributed by atoms with Crippen molar-refractivity contribution in [2.24, 2.45) is 0 Å². The number of nitro groups is 1. The molecule has 7 heteroatoms. The molecule has 1 saturated carbocycles. The average molecular weight is 312 g/mol. The number of benzene rings is 1. The van der Waals surface area contributed by atoms with E-state index in [4.69, 9.17) is 11.6 Å². The zero-order valence-corrected chi connectivity index (χ0v) is 12.6. The van der Waals surface area contributed by atoms with Crippen molar-refractivity contribution in [3.05, 3.63) is 32.8 Å². The lowest BCUT2D eigenvalue weighted by atomic mass is 9.96. The highest BCUT2D eigenvalue weighted by Crippen LogP contribution is 2.32. The molecular weight excluding hydrogens is 294 g/mol. The Morgan fingerprint density at radius 2 is 2.00 bits per heavy atom. The summed E-state index contributed by atoms with van der Waals surface area (Å²) in [5.41, 5.74) is 0.816. The third-order valence-electron chi connectivity index (χ3n) is 3.75. The number of carbonyl (C=O) groups is 1. The van der Waals surface area contributed by atoms with Gasteiger partial charge in [0.25, 0.3) is 5.69 Å². The van der Waals surface area contributed by atoms with E-state index in [1.54, 1.807) is 6.92 Å². The van der Waals surface area contributed by atoms with Gasteiger partial charge in [-0.1, -0.05) is 30.9 Å². The molecule has 0 atom stereocenters. The summed E-state index contributed by atoms with van der Waals surface area (Å²) < 4.78 is 0. The molecule has 114 valence electrons. The Balaban J connectivity index is 2.03. The number of hydrogen-bond donors (Lipinski definition) is 2. The van der Waals surface area contributed by atoms with Gasteiger partial charge < -0.3 is 10.6 Å². The second-order valence-corrected chi connectivity index (χ2v) is 5.64. The molecule has 21 heavy (non-hydrogen) atoms. The number of nitro benzene ring substituents is 1. The quantitative estimate of drug-likeness (QED) is 0.653. The summed E-state index contributed by atoms with van der Waals surface area (Å²) >= 11 is 5.96. The van der Waals surface area contributed by atoms with Gasteiger partial charge in [0.05, 0.1) is 4.92 Å². The maximum atomic E-state index is 12.0. The first-order chi connectivity index (χ1) is 9.99. The monoisotopic (exact) mass is 311 g/mol. The van der Waals surface area contributed by atoms with Crippen LogP contribution in [0.3, 0.4) is 0 Å². The molecule has 0 radical (unpaired) electrons. The number of urea groups is 1. The Hall–Kier alpha value is -1.82. The summed E-state index contributed by atoms with van der Waals surface area (Å²) in [5.74, 6) is 0. The van der Waals surface area contributed by atoms with Gasteiger partial charge in [-0.15, -0.1) is 0 Å². The van der Waals surface area contributed by atoms with Gasteiger partial charge in [-0.2, -0.15) is 0 Å². The summed E-state index contributed by atoms with van der Waals surface area (Å²) in [7, 11) is 0. The van der Waals surface area contributed by atoms with Crippen LogP contribution in [0, 0.1) is 17.0 Å². The zero-order valence-electron chi connectivity index (χ0n) is 11.8. The summed E-state index contributed by atoms with van der Waals surface area (Å²) in [6.07, 6.45) is 5.47. The standard InChI is InChI=1S/C14H18ClN3O3/c1-9-11(7-8-12(13(9)15)18(20)21)17-14(19)16-10-5-3-2-4-6-10/h7-8,10H,2-6H2,1H3,(H2,16,17,19). The maximum Gasteiger partial charge on any atom is 0.319 e. The molecule has 1 aromatic rings. The van der Waals surface area contributed by atoms with E-state index in [9.17, 15) is 14.9 Å². The number of halogens is 1. The fraction of sp³-hybridized carbons (Fsp3) is 0.500. The predicted molar refractivity (Wildman–Crippen MR) is 81.9 cm³/mol. The van der Waals surface area contributed by atoms with E-state index < -0.39 is 4.92 Å². The second-order valence-electron chi connectivity index (χ2n) is 5.26. The molecule has 2 rings (SSSR count). The van der Waals surface area contributed by atoms with Gasteiger partial charge in [0.2, 0.25) is 0 Å². The number of nitrogens with one attached hydrogen (secondary N) is 2. The van der Waals surface area contributed by atoms with Crippen LogP contribution < -0.4 is 10.6 Å². The van der Waals surface area contributed by atoms with Gasteiger partial charge in [0.15, 0.2) is 0 Å². The topological polar surface area (TPSA) is 84.3 Å². The zero-order chi connectivity index (χ0) is 15.4. The van der Waals surface area contributed by atoms with Crippen molar-refractivity contribution in [1.82, 2.24) is 5.32 Å². The molecule has 2 amide bonds. The average Bonchev–Trinajstić information content (AvgIpc) is 2.44. The van der Waals surface area contributed by atoms with Gasteiger partial charge >= 0.3 is 6.03 Å². The molecule has 0 heterocycles. The van der Waals surface area contributed by atoms with E-state index >= 15 is 0 Å². The first kappa shape index (κ1) is 15.6. The van der Waals surface area contributed by atoms with Gasteiger partial charge in [-0.25, -0.2) is 4.79 Å².